The molecule has 0 aromatic heterocycles. The second-order valence-corrected chi connectivity index (χ2v) is 9.15. The molecular formula is C15H21N3O4S3. The van der Waals surface area contributed by atoms with Crippen molar-refractivity contribution in [3.63, 3.8) is 0 Å². The lowest BCUT2D eigenvalue weighted by Gasteiger charge is -2.44. The van der Waals surface area contributed by atoms with Gasteiger partial charge in [-0.3, -0.25) is 4.79 Å². The second kappa shape index (κ2) is 7.43. The van der Waals surface area contributed by atoms with Crippen molar-refractivity contribution in [1.82, 2.24) is 14.7 Å². The minimum Gasteiger partial charge on any atom is -0.479 e. The number of hydrogen-bond acceptors (Lipinski definition) is 7. The number of thiocarbonyl (C=S) groups is 1. The van der Waals surface area contributed by atoms with Crippen LogP contribution in [0.4, 0.5) is 0 Å². The number of fused-ring (bicyclic) bond motifs is 1. The zero-order valence-electron chi connectivity index (χ0n) is 14.0. The number of piperazine rings is 1. The molecular weight excluding hydrogens is 382 g/mol. The summed E-state index contributed by atoms with van der Waals surface area (Å²) in [5, 5.41) is 20.7. The van der Waals surface area contributed by atoms with E-state index in [0.29, 0.717) is 4.91 Å². The number of carbonyl (C=O) groups excluding carboxylic acids is 1. The standard InChI is InChI=1S/C15H21N3O4S3/c1-8(19)10-12(20)18-11(14(21)22)9(25-13(10)18)7-24-15(23)17-5-3-16(2)4-6-17/h7-8,10-11,13,19H,3-6H2,1-2H3,(H,21,22)/b9-7-/t8-,10+,11?,13-/m1/s1. The maximum atomic E-state index is 12.2. The molecule has 25 heavy (non-hydrogen) atoms. The molecule has 0 radical (unpaired) electrons. The van der Waals surface area contributed by atoms with Gasteiger partial charge >= 0.3 is 5.97 Å². The van der Waals surface area contributed by atoms with Gasteiger partial charge in [-0.15, -0.1) is 11.8 Å². The van der Waals surface area contributed by atoms with Crippen molar-refractivity contribution >= 4 is 51.9 Å². The molecule has 0 spiro atoms. The van der Waals surface area contributed by atoms with Crippen molar-refractivity contribution in [3.8, 4) is 0 Å². The molecule has 3 fully saturated rings. The van der Waals surface area contributed by atoms with E-state index in [9.17, 15) is 19.8 Å². The molecule has 7 nitrogen and oxygen atoms in total. The third kappa shape index (κ3) is 3.55. The Hall–Kier alpha value is -0.810. The quantitative estimate of drug-likeness (QED) is 0.516. The Morgan fingerprint density at radius 2 is 2.04 bits per heavy atom. The smallest absolute Gasteiger partial charge is 0.331 e. The minimum atomic E-state index is -1.05. The average molecular weight is 404 g/mol. The van der Waals surface area contributed by atoms with Crippen LogP contribution in [-0.2, 0) is 9.59 Å². The van der Waals surface area contributed by atoms with Crippen molar-refractivity contribution in [2.75, 3.05) is 33.2 Å². The summed E-state index contributed by atoms with van der Waals surface area (Å²) in [6.07, 6.45) is -0.783. The fourth-order valence-electron chi connectivity index (χ4n) is 3.21. The Balaban J connectivity index is 1.68. The molecule has 1 unspecified atom stereocenters. The molecule has 10 heteroatoms. The summed E-state index contributed by atoms with van der Waals surface area (Å²) in [4.78, 5) is 30.1. The highest BCUT2D eigenvalue weighted by Crippen LogP contribution is 2.51. The molecule has 0 aromatic rings. The molecule has 0 bridgehead atoms. The van der Waals surface area contributed by atoms with E-state index in [0.717, 1.165) is 30.5 Å². The summed E-state index contributed by atoms with van der Waals surface area (Å²) in [7, 11) is 2.07. The molecule has 1 amide bonds. The fraction of sp³-hybridized carbons (Fsp3) is 0.667. The van der Waals surface area contributed by atoms with Gasteiger partial charge in [0.2, 0.25) is 5.91 Å². The highest BCUT2D eigenvalue weighted by molar-refractivity contribution is 8.25. The molecule has 3 aliphatic rings. The predicted molar refractivity (Wildman–Crippen MR) is 102 cm³/mol. The maximum absolute atomic E-state index is 12.2. The van der Waals surface area contributed by atoms with E-state index in [1.54, 1.807) is 12.3 Å². The van der Waals surface area contributed by atoms with Gasteiger partial charge in [-0.05, 0) is 19.4 Å². The van der Waals surface area contributed by atoms with E-state index in [1.165, 1.54) is 28.4 Å². The number of thioether (sulfide) groups is 2. The van der Waals surface area contributed by atoms with Crippen LogP contribution in [0.5, 0.6) is 0 Å². The summed E-state index contributed by atoms with van der Waals surface area (Å²) in [5.41, 5.74) is 0. The summed E-state index contributed by atoms with van der Waals surface area (Å²) >= 11 is 8.14. The van der Waals surface area contributed by atoms with Crippen LogP contribution in [0.1, 0.15) is 6.92 Å². The van der Waals surface area contributed by atoms with Gasteiger partial charge in [0.05, 0.1) is 17.4 Å². The molecule has 0 aliphatic carbocycles. The largest absolute Gasteiger partial charge is 0.479 e. The number of aliphatic hydroxyl groups excluding tert-OH is 1. The number of β-lactam (4-membered cyclic amide) rings is 1. The lowest BCUT2D eigenvalue weighted by Crippen LogP contribution is -2.63. The number of likely N-dealkylation sites (N-methyl/N-ethyl adjacent to an activating group) is 1. The van der Waals surface area contributed by atoms with Crippen LogP contribution in [-0.4, -0.2) is 91.9 Å². The molecule has 4 atom stereocenters. The number of hydrogen-bond donors (Lipinski definition) is 2. The van der Waals surface area contributed by atoms with Crippen LogP contribution in [0.2, 0.25) is 0 Å². The first kappa shape index (κ1) is 19.0. The van der Waals surface area contributed by atoms with E-state index >= 15 is 0 Å². The van der Waals surface area contributed by atoms with Crippen molar-refractivity contribution in [3.05, 3.63) is 10.3 Å². The highest BCUT2D eigenvalue weighted by Gasteiger charge is 2.60. The Morgan fingerprint density at radius 3 is 2.60 bits per heavy atom. The van der Waals surface area contributed by atoms with E-state index in [2.05, 4.69) is 16.8 Å². The number of aliphatic carboxylic acids is 1. The third-order valence-electron chi connectivity index (χ3n) is 4.72. The predicted octanol–water partition coefficient (Wildman–Crippen LogP) is 0.459. The summed E-state index contributed by atoms with van der Waals surface area (Å²) in [6.45, 7) is 5.18. The normalized spacial score (nSPS) is 32.5. The van der Waals surface area contributed by atoms with Crippen LogP contribution in [0.15, 0.2) is 10.3 Å². The number of carbonyl (C=O) groups is 2. The van der Waals surface area contributed by atoms with Crippen LogP contribution in [0, 0.1) is 5.92 Å². The van der Waals surface area contributed by atoms with Gasteiger partial charge in [0, 0.05) is 31.1 Å². The number of nitrogens with zero attached hydrogens (tertiary/aromatic N) is 3. The molecule has 3 rings (SSSR count). The van der Waals surface area contributed by atoms with E-state index in [-0.39, 0.29) is 11.3 Å². The zero-order valence-corrected chi connectivity index (χ0v) is 16.4. The zero-order chi connectivity index (χ0) is 18.3. The van der Waals surface area contributed by atoms with Crippen molar-refractivity contribution in [1.29, 1.82) is 0 Å². The van der Waals surface area contributed by atoms with Crippen LogP contribution in [0.25, 0.3) is 0 Å². The van der Waals surface area contributed by atoms with Gasteiger partial charge in [-0.1, -0.05) is 24.0 Å². The summed E-state index contributed by atoms with van der Waals surface area (Å²) in [5.74, 6) is -1.88. The van der Waals surface area contributed by atoms with Gasteiger partial charge in [0.15, 0.2) is 6.04 Å². The summed E-state index contributed by atoms with van der Waals surface area (Å²) < 4.78 is 0.720. The van der Waals surface area contributed by atoms with Crippen LogP contribution >= 0.6 is 35.7 Å². The van der Waals surface area contributed by atoms with Gasteiger partial charge in [-0.25, -0.2) is 4.79 Å². The van der Waals surface area contributed by atoms with Crippen LogP contribution in [0.3, 0.4) is 0 Å². The van der Waals surface area contributed by atoms with Crippen molar-refractivity contribution in [2.45, 2.75) is 24.4 Å². The van der Waals surface area contributed by atoms with E-state index < -0.39 is 24.0 Å². The van der Waals surface area contributed by atoms with E-state index in [4.69, 9.17) is 12.2 Å². The first-order chi connectivity index (χ1) is 11.8. The molecule has 3 heterocycles. The van der Waals surface area contributed by atoms with Gasteiger partial charge in [0.1, 0.15) is 4.32 Å². The van der Waals surface area contributed by atoms with Gasteiger partial charge in [0.25, 0.3) is 0 Å². The molecule has 138 valence electrons. The van der Waals surface area contributed by atoms with Crippen LogP contribution < -0.4 is 0 Å². The van der Waals surface area contributed by atoms with Crippen molar-refractivity contribution in [2.24, 2.45) is 5.92 Å². The van der Waals surface area contributed by atoms with Gasteiger partial charge < -0.3 is 24.9 Å². The fourth-order valence-corrected chi connectivity index (χ4v) is 6.03. The minimum absolute atomic E-state index is 0.296. The first-order valence-electron chi connectivity index (χ1n) is 8.05. The summed E-state index contributed by atoms with van der Waals surface area (Å²) in [6, 6.07) is -0.972. The Morgan fingerprint density at radius 1 is 1.40 bits per heavy atom. The SMILES string of the molecule is C[C@@H](O)[C@H]1C(=O)N2C(C(=O)O)/C(=C/SC(=S)N3CCN(C)CC3)S[C@H]12. The molecule has 3 aliphatic heterocycles. The molecule has 0 aromatic carbocycles. The Labute approximate surface area is 160 Å². The number of rotatable bonds is 3. The number of aliphatic hydroxyl groups is 1. The number of amides is 1. The maximum Gasteiger partial charge on any atom is 0.331 e. The monoisotopic (exact) mass is 403 g/mol. The molecule has 2 N–H and O–H groups in total. The number of carboxylic acids is 1. The molecule has 3 saturated heterocycles. The second-order valence-electron chi connectivity index (χ2n) is 6.46. The topological polar surface area (TPSA) is 84.3 Å². The lowest BCUT2D eigenvalue weighted by atomic mass is 9.91. The molecule has 0 saturated carbocycles. The first-order valence-corrected chi connectivity index (χ1v) is 10.2. The lowest BCUT2D eigenvalue weighted by molar-refractivity contribution is -0.165. The number of carboxylic acid groups (broad SMARTS) is 1. The highest BCUT2D eigenvalue weighted by atomic mass is 32.2. The van der Waals surface area contributed by atoms with Crippen molar-refractivity contribution < 1.29 is 19.8 Å². The Bertz CT molecular complexity index is 619. The van der Waals surface area contributed by atoms with Gasteiger partial charge in [-0.2, -0.15) is 0 Å². The third-order valence-corrected chi connectivity index (χ3v) is 7.62. The average Bonchev–Trinajstić information content (AvgIpc) is 2.87. The van der Waals surface area contributed by atoms with E-state index in [1.807, 2.05) is 0 Å². The Kier molecular flexibility index (Phi) is 5.64.